The van der Waals surface area contributed by atoms with Crippen molar-refractivity contribution < 1.29 is 19.4 Å². The summed E-state index contributed by atoms with van der Waals surface area (Å²) in [6.45, 7) is 4.49. The number of aryl methyl sites for hydroxylation is 1. The van der Waals surface area contributed by atoms with Gasteiger partial charge in [0.15, 0.2) is 6.61 Å². The zero-order chi connectivity index (χ0) is 25.1. The van der Waals surface area contributed by atoms with Crippen LogP contribution in [0.1, 0.15) is 47.6 Å². The Morgan fingerprint density at radius 1 is 1.06 bits per heavy atom. The van der Waals surface area contributed by atoms with Crippen molar-refractivity contribution in [2.75, 3.05) is 13.2 Å². The van der Waals surface area contributed by atoms with Crippen LogP contribution in [0.25, 0.3) is 10.8 Å². The monoisotopic (exact) mass is 481 g/mol. The molecule has 0 aliphatic carbocycles. The molecule has 0 radical (unpaired) electrons. The van der Waals surface area contributed by atoms with Crippen LogP contribution in [0.15, 0.2) is 84.9 Å². The highest BCUT2D eigenvalue weighted by molar-refractivity contribution is 5.86. The fraction of sp³-hybridized carbons (Fsp3) is 0.258. The van der Waals surface area contributed by atoms with Crippen molar-refractivity contribution in [2.45, 2.75) is 38.3 Å². The lowest BCUT2D eigenvalue weighted by Crippen LogP contribution is -2.37. The zero-order valence-electron chi connectivity index (χ0n) is 20.6. The van der Waals surface area contributed by atoms with Crippen LogP contribution in [0, 0.1) is 6.92 Å². The first-order valence-electron chi connectivity index (χ1n) is 12.4. The van der Waals surface area contributed by atoms with Gasteiger partial charge in [0.05, 0.1) is 0 Å². The summed E-state index contributed by atoms with van der Waals surface area (Å²) < 4.78 is 12.0. The number of ether oxygens (including phenoxy) is 2. The normalized spacial score (nSPS) is 17.7. The molecule has 5 heteroatoms. The van der Waals surface area contributed by atoms with Crippen LogP contribution in [0.5, 0.6) is 11.5 Å². The number of carbonyl (C=O) groups is 1. The van der Waals surface area contributed by atoms with Gasteiger partial charge in [0.2, 0.25) is 0 Å². The zero-order valence-corrected chi connectivity index (χ0v) is 20.6. The summed E-state index contributed by atoms with van der Waals surface area (Å²) in [5, 5.41) is 15.3. The molecule has 4 aromatic rings. The third kappa shape index (κ3) is 5.07. The fourth-order valence-corrected chi connectivity index (χ4v) is 5.11. The molecular weight excluding hydrogens is 450 g/mol. The predicted molar refractivity (Wildman–Crippen MR) is 142 cm³/mol. The largest absolute Gasteiger partial charge is 0.489 e. The number of para-hydroxylation sites is 1. The van der Waals surface area contributed by atoms with Gasteiger partial charge in [0.25, 0.3) is 0 Å². The second-order valence-electron chi connectivity index (χ2n) is 9.47. The van der Waals surface area contributed by atoms with Crippen LogP contribution >= 0.6 is 0 Å². The Balaban J connectivity index is 1.36. The minimum Gasteiger partial charge on any atom is -0.489 e. The maximum Gasteiger partial charge on any atom is 0.341 e. The average Bonchev–Trinajstić information content (AvgIpc) is 2.90. The molecule has 3 atom stereocenters. The number of hydrogen-bond acceptors (Lipinski definition) is 4. The van der Waals surface area contributed by atoms with E-state index in [0.29, 0.717) is 12.3 Å². The van der Waals surface area contributed by atoms with Crippen LogP contribution in [-0.2, 0) is 4.79 Å². The summed E-state index contributed by atoms with van der Waals surface area (Å²) in [6.07, 6.45) is 0.806. The van der Waals surface area contributed by atoms with Crippen LogP contribution in [0.2, 0.25) is 0 Å². The van der Waals surface area contributed by atoms with Gasteiger partial charge in [-0.05, 0) is 59.9 Å². The fourth-order valence-electron chi connectivity index (χ4n) is 5.11. The standard InChI is InChI=1S/C31H31NO4/c1-20-14-15-23(16-30(20)35-19-31(33)34)28-17-24(36-29-13-6-5-11-27(28)29)18-32-21(2)25-12-7-9-22-8-3-4-10-26(22)25/h3-16,21,24,28,32H,17-19H2,1-2H3,(H,33,34)/t21?,24-,28+/m1/s1. The summed E-state index contributed by atoms with van der Waals surface area (Å²) in [5.41, 5.74) is 4.44. The molecule has 0 saturated heterocycles. The van der Waals surface area contributed by atoms with Crippen LogP contribution in [-0.4, -0.2) is 30.3 Å². The number of fused-ring (bicyclic) bond motifs is 2. The average molecular weight is 482 g/mol. The lowest BCUT2D eigenvalue weighted by Gasteiger charge is -2.33. The summed E-state index contributed by atoms with van der Waals surface area (Å²) in [5.74, 6) is 0.648. The van der Waals surface area contributed by atoms with Crippen molar-refractivity contribution in [1.29, 1.82) is 0 Å². The van der Waals surface area contributed by atoms with E-state index >= 15 is 0 Å². The molecule has 1 heterocycles. The molecule has 0 bridgehead atoms. The van der Waals surface area contributed by atoms with Crippen molar-refractivity contribution in [3.63, 3.8) is 0 Å². The van der Waals surface area contributed by atoms with Gasteiger partial charge in [-0.15, -0.1) is 0 Å². The van der Waals surface area contributed by atoms with Gasteiger partial charge in [-0.3, -0.25) is 0 Å². The Morgan fingerprint density at radius 3 is 2.69 bits per heavy atom. The number of aliphatic carboxylic acids is 1. The molecule has 5 rings (SSSR count). The molecule has 2 N–H and O–H groups in total. The Hall–Kier alpha value is -3.83. The number of carboxylic acids is 1. The van der Waals surface area contributed by atoms with Crippen molar-refractivity contribution in [1.82, 2.24) is 5.32 Å². The van der Waals surface area contributed by atoms with Gasteiger partial charge in [0.1, 0.15) is 17.6 Å². The summed E-state index contributed by atoms with van der Waals surface area (Å²) >= 11 is 0. The molecule has 0 amide bonds. The Labute approximate surface area is 211 Å². The third-order valence-corrected chi connectivity index (χ3v) is 6.99. The van der Waals surface area contributed by atoms with E-state index in [1.54, 1.807) is 0 Å². The Kier molecular flexibility index (Phi) is 6.92. The molecule has 0 spiro atoms. The second kappa shape index (κ2) is 10.4. The van der Waals surface area contributed by atoms with E-state index in [-0.39, 0.29) is 24.7 Å². The van der Waals surface area contributed by atoms with Crippen molar-refractivity contribution in [3.05, 3.63) is 107 Å². The van der Waals surface area contributed by atoms with Gasteiger partial charge < -0.3 is 19.9 Å². The van der Waals surface area contributed by atoms with E-state index in [1.165, 1.54) is 16.3 Å². The molecule has 0 saturated carbocycles. The van der Waals surface area contributed by atoms with E-state index in [0.717, 1.165) is 28.9 Å². The number of benzene rings is 4. The van der Waals surface area contributed by atoms with Gasteiger partial charge in [-0.2, -0.15) is 0 Å². The number of rotatable bonds is 8. The molecule has 1 unspecified atom stereocenters. The smallest absolute Gasteiger partial charge is 0.341 e. The molecule has 1 aliphatic heterocycles. The first-order valence-corrected chi connectivity index (χ1v) is 12.4. The van der Waals surface area contributed by atoms with Gasteiger partial charge in [-0.25, -0.2) is 4.79 Å². The summed E-state index contributed by atoms with van der Waals surface area (Å²) in [6, 6.07) is 29.4. The second-order valence-corrected chi connectivity index (χ2v) is 9.47. The van der Waals surface area contributed by atoms with Crippen molar-refractivity contribution in [3.8, 4) is 11.5 Å². The van der Waals surface area contributed by atoms with Gasteiger partial charge in [0, 0.05) is 24.1 Å². The molecule has 184 valence electrons. The van der Waals surface area contributed by atoms with Crippen LogP contribution in [0.3, 0.4) is 0 Å². The highest BCUT2D eigenvalue weighted by atomic mass is 16.5. The minimum absolute atomic E-state index is 0.00739. The number of nitrogens with one attached hydrogen (secondary N) is 1. The van der Waals surface area contributed by atoms with E-state index in [2.05, 4.69) is 66.8 Å². The van der Waals surface area contributed by atoms with Gasteiger partial charge >= 0.3 is 5.97 Å². The first-order chi connectivity index (χ1) is 17.5. The Bertz CT molecular complexity index is 1380. The first kappa shape index (κ1) is 23.9. The van der Waals surface area contributed by atoms with E-state index < -0.39 is 5.97 Å². The quantitative estimate of drug-likeness (QED) is 0.312. The summed E-state index contributed by atoms with van der Waals surface area (Å²) in [7, 11) is 0. The van der Waals surface area contributed by atoms with Gasteiger partial charge in [-0.1, -0.05) is 72.8 Å². The third-order valence-electron chi connectivity index (χ3n) is 6.99. The molecule has 0 fully saturated rings. The van der Waals surface area contributed by atoms with Crippen molar-refractivity contribution >= 4 is 16.7 Å². The Morgan fingerprint density at radius 2 is 1.83 bits per heavy atom. The molecule has 5 nitrogen and oxygen atoms in total. The van der Waals surface area contributed by atoms with E-state index in [4.69, 9.17) is 14.6 Å². The van der Waals surface area contributed by atoms with E-state index in [9.17, 15) is 4.79 Å². The molecule has 0 aromatic heterocycles. The minimum atomic E-state index is -0.984. The van der Waals surface area contributed by atoms with Crippen LogP contribution < -0.4 is 14.8 Å². The molecule has 4 aromatic carbocycles. The maximum atomic E-state index is 11.0. The molecule has 36 heavy (non-hydrogen) atoms. The lowest BCUT2D eigenvalue weighted by atomic mass is 9.83. The highest BCUT2D eigenvalue weighted by Gasteiger charge is 2.30. The lowest BCUT2D eigenvalue weighted by molar-refractivity contribution is -0.139. The summed E-state index contributed by atoms with van der Waals surface area (Å²) in [4.78, 5) is 11.0. The maximum absolute atomic E-state index is 11.0. The van der Waals surface area contributed by atoms with Crippen LogP contribution in [0.4, 0.5) is 0 Å². The number of carboxylic acid groups (broad SMARTS) is 1. The van der Waals surface area contributed by atoms with E-state index in [1.807, 2.05) is 37.3 Å². The van der Waals surface area contributed by atoms with Crippen molar-refractivity contribution in [2.24, 2.45) is 0 Å². The highest BCUT2D eigenvalue weighted by Crippen LogP contribution is 2.41. The SMILES string of the molecule is Cc1ccc([C@@H]2C[C@H](CNC(C)c3cccc4ccccc34)Oc3ccccc32)cc1OCC(=O)O. The molecule has 1 aliphatic rings. The predicted octanol–water partition coefficient (Wildman–Crippen LogP) is 6.25. The topological polar surface area (TPSA) is 67.8 Å². The molecular formula is C31H31NO4. The number of hydrogen-bond donors (Lipinski definition) is 2.